The van der Waals surface area contributed by atoms with Crippen molar-refractivity contribution in [1.82, 2.24) is 0 Å². The molecule has 0 unspecified atom stereocenters. The van der Waals surface area contributed by atoms with Gasteiger partial charge in [-0.2, -0.15) is 0 Å². The predicted molar refractivity (Wildman–Crippen MR) is 43.6 cm³/mol. The number of carbonyl (C=O) groups is 2. The first-order valence-corrected chi connectivity index (χ1v) is 3.73. The smallest absolute Gasteiger partial charge is 0.185 e. The fourth-order valence-corrected chi connectivity index (χ4v) is 1.12. The van der Waals surface area contributed by atoms with Crippen LogP contribution in [0.1, 0.15) is 13.3 Å². The van der Waals surface area contributed by atoms with Gasteiger partial charge in [0.2, 0.25) is 0 Å². The highest BCUT2D eigenvalue weighted by Gasteiger charge is 2.17. The Labute approximate surface area is 70.4 Å². The number of aliphatic hydroxyl groups excluding tert-OH is 1. The van der Waals surface area contributed by atoms with Crippen LogP contribution in [0.5, 0.6) is 0 Å². The van der Waals surface area contributed by atoms with Crippen molar-refractivity contribution in [3.63, 3.8) is 0 Å². The van der Waals surface area contributed by atoms with Gasteiger partial charge in [0.05, 0.1) is 0 Å². The molecule has 1 aliphatic carbocycles. The highest BCUT2D eigenvalue weighted by atomic mass is 16.3. The molecule has 0 aliphatic heterocycles. The minimum Gasteiger partial charge on any atom is -0.396 e. The third-order valence-corrected chi connectivity index (χ3v) is 1.71. The van der Waals surface area contributed by atoms with Crippen LogP contribution in [-0.2, 0) is 9.59 Å². The number of carbonyl (C=O) groups excluding carboxylic acids is 2. The summed E-state index contributed by atoms with van der Waals surface area (Å²) in [6.45, 7) is 1.50. The Kier molecular flexibility index (Phi) is 2.55. The molecule has 0 bridgehead atoms. The van der Waals surface area contributed by atoms with Gasteiger partial charge in [-0.15, -0.1) is 0 Å². The van der Waals surface area contributed by atoms with Crippen molar-refractivity contribution in [2.45, 2.75) is 13.3 Å². The van der Waals surface area contributed by atoms with Crippen molar-refractivity contribution in [2.24, 2.45) is 0 Å². The largest absolute Gasteiger partial charge is 0.396 e. The zero-order chi connectivity index (χ0) is 9.14. The fourth-order valence-electron chi connectivity index (χ4n) is 1.12. The zero-order valence-corrected chi connectivity index (χ0v) is 6.83. The van der Waals surface area contributed by atoms with Crippen LogP contribution in [0.2, 0.25) is 0 Å². The van der Waals surface area contributed by atoms with Gasteiger partial charge in [0.1, 0.15) is 0 Å². The van der Waals surface area contributed by atoms with Gasteiger partial charge in [-0.3, -0.25) is 9.59 Å². The molecule has 0 spiro atoms. The van der Waals surface area contributed by atoms with E-state index in [-0.39, 0.29) is 24.6 Å². The van der Waals surface area contributed by atoms with E-state index in [0.717, 1.165) is 0 Å². The SMILES string of the molecule is CC1=CC(=O)C=C(CCO)C1=O. The number of aliphatic hydroxyl groups is 1. The molecule has 0 fully saturated rings. The molecule has 0 saturated carbocycles. The molecule has 3 nitrogen and oxygen atoms in total. The maximum atomic E-state index is 11.3. The van der Waals surface area contributed by atoms with Crippen molar-refractivity contribution < 1.29 is 14.7 Å². The summed E-state index contributed by atoms with van der Waals surface area (Å²) in [5.41, 5.74) is 0.855. The number of allylic oxidation sites excluding steroid dienone is 3. The average Bonchev–Trinajstić information content (AvgIpc) is 2.00. The van der Waals surface area contributed by atoms with Crippen LogP contribution in [0.25, 0.3) is 0 Å². The molecular weight excluding hydrogens is 156 g/mol. The number of ketones is 2. The Bertz CT molecular complexity index is 284. The first-order valence-electron chi connectivity index (χ1n) is 3.73. The summed E-state index contributed by atoms with van der Waals surface area (Å²) in [5.74, 6) is -0.306. The monoisotopic (exact) mass is 166 g/mol. The van der Waals surface area contributed by atoms with Gasteiger partial charge < -0.3 is 5.11 Å². The summed E-state index contributed by atoms with van der Waals surface area (Å²) in [4.78, 5) is 22.2. The molecule has 0 aromatic heterocycles. The topological polar surface area (TPSA) is 54.4 Å². The second-order valence-electron chi connectivity index (χ2n) is 2.70. The average molecular weight is 166 g/mol. The van der Waals surface area contributed by atoms with E-state index in [9.17, 15) is 9.59 Å². The number of rotatable bonds is 2. The third kappa shape index (κ3) is 1.68. The molecule has 0 radical (unpaired) electrons. The van der Waals surface area contributed by atoms with Gasteiger partial charge in [0.25, 0.3) is 0 Å². The van der Waals surface area contributed by atoms with Crippen molar-refractivity contribution in [1.29, 1.82) is 0 Å². The molecule has 1 aliphatic rings. The summed E-state index contributed by atoms with van der Waals surface area (Å²) >= 11 is 0. The fraction of sp³-hybridized carbons (Fsp3) is 0.333. The van der Waals surface area contributed by atoms with Crippen molar-refractivity contribution in [3.05, 3.63) is 23.3 Å². The molecule has 64 valence electrons. The molecule has 0 saturated heterocycles. The Morgan fingerprint density at radius 3 is 2.58 bits per heavy atom. The molecule has 0 aromatic rings. The Hall–Kier alpha value is -1.22. The molecule has 1 rings (SSSR count). The predicted octanol–water partition coefficient (Wildman–Crippen LogP) is 0.393. The molecular formula is C9H10O3. The maximum absolute atomic E-state index is 11.3. The second kappa shape index (κ2) is 3.45. The van der Waals surface area contributed by atoms with E-state index >= 15 is 0 Å². The van der Waals surface area contributed by atoms with Crippen LogP contribution in [-0.4, -0.2) is 23.3 Å². The first kappa shape index (κ1) is 8.87. The van der Waals surface area contributed by atoms with Crippen LogP contribution < -0.4 is 0 Å². The number of hydrogen-bond donors (Lipinski definition) is 1. The molecule has 0 aromatic carbocycles. The van der Waals surface area contributed by atoms with Gasteiger partial charge in [0, 0.05) is 17.8 Å². The van der Waals surface area contributed by atoms with Crippen LogP contribution in [0.15, 0.2) is 23.3 Å². The van der Waals surface area contributed by atoms with Crippen molar-refractivity contribution in [3.8, 4) is 0 Å². The summed E-state index contributed by atoms with van der Waals surface area (Å²) in [7, 11) is 0. The zero-order valence-electron chi connectivity index (χ0n) is 6.83. The standard InChI is InChI=1S/C9H10O3/c1-6-4-8(11)5-7(2-3-10)9(6)12/h4-5,10H,2-3H2,1H3. The van der Waals surface area contributed by atoms with E-state index in [0.29, 0.717) is 11.1 Å². The molecule has 12 heavy (non-hydrogen) atoms. The van der Waals surface area contributed by atoms with Gasteiger partial charge >= 0.3 is 0 Å². The van der Waals surface area contributed by atoms with Crippen LogP contribution >= 0.6 is 0 Å². The highest BCUT2D eigenvalue weighted by molar-refractivity contribution is 6.19. The Morgan fingerprint density at radius 1 is 1.33 bits per heavy atom. The van der Waals surface area contributed by atoms with Gasteiger partial charge in [-0.05, 0) is 25.5 Å². The first-order chi connectivity index (χ1) is 5.65. The normalized spacial score (nSPS) is 17.5. The molecule has 0 amide bonds. The molecule has 0 heterocycles. The second-order valence-corrected chi connectivity index (χ2v) is 2.70. The summed E-state index contributed by atoms with van der Waals surface area (Å²) in [6, 6.07) is 0. The van der Waals surface area contributed by atoms with E-state index in [1.807, 2.05) is 0 Å². The summed E-state index contributed by atoms with van der Waals surface area (Å²) in [6.07, 6.45) is 2.85. The number of hydrogen-bond acceptors (Lipinski definition) is 3. The molecule has 1 N–H and O–H groups in total. The van der Waals surface area contributed by atoms with Gasteiger partial charge in [-0.1, -0.05) is 0 Å². The van der Waals surface area contributed by atoms with E-state index in [1.54, 1.807) is 6.92 Å². The highest BCUT2D eigenvalue weighted by Crippen LogP contribution is 2.14. The van der Waals surface area contributed by atoms with E-state index < -0.39 is 0 Å². The lowest BCUT2D eigenvalue weighted by molar-refractivity contribution is -0.115. The van der Waals surface area contributed by atoms with Crippen molar-refractivity contribution >= 4 is 11.6 Å². The maximum Gasteiger partial charge on any atom is 0.185 e. The summed E-state index contributed by atoms with van der Waals surface area (Å²) < 4.78 is 0. The molecule has 3 heteroatoms. The molecule has 0 atom stereocenters. The van der Waals surface area contributed by atoms with Gasteiger partial charge in [-0.25, -0.2) is 0 Å². The minimum absolute atomic E-state index is 0.0991. The lowest BCUT2D eigenvalue weighted by Gasteiger charge is -2.08. The van der Waals surface area contributed by atoms with E-state index in [4.69, 9.17) is 5.11 Å². The van der Waals surface area contributed by atoms with Gasteiger partial charge in [0.15, 0.2) is 11.6 Å². The summed E-state index contributed by atoms with van der Waals surface area (Å²) in [5, 5.41) is 8.58. The third-order valence-electron chi connectivity index (χ3n) is 1.71. The van der Waals surface area contributed by atoms with E-state index in [1.165, 1.54) is 12.2 Å². The Balaban J connectivity index is 2.88. The van der Waals surface area contributed by atoms with Crippen LogP contribution in [0.4, 0.5) is 0 Å². The van der Waals surface area contributed by atoms with E-state index in [2.05, 4.69) is 0 Å². The minimum atomic E-state index is -0.171. The van der Waals surface area contributed by atoms with Crippen LogP contribution in [0, 0.1) is 0 Å². The lowest BCUT2D eigenvalue weighted by Crippen LogP contribution is -2.13. The Morgan fingerprint density at radius 2 is 2.00 bits per heavy atom. The van der Waals surface area contributed by atoms with Crippen LogP contribution in [0.3, 0.4) is 0 Å². The lowest BCUT2D eigenvalue weighted by atomic mass is 9.95. The van der Waals surface area contributed by atoms with Crippen molar-refractivity contribution in [2.75, 3.05) is 6.61 Å². The quantitative estimate of drug-likeness (QED) is 0.604. The number of Topliss-reactive ketones (excluding diaryl/α,β-unsaturated/α-hetero) is 1.